The SMILES string of the molecule is I[C@H]1[C@@H]2[C@H]3[C@@H]4[C@H](I)[C@H]5[C@@H]([C@@H]14)[C@H]2[C@@H]53. The van der Waals surface area contributed by atoms with Crippen LogP contribution in [0.2, 0.25) is 0 Å². The highest BCUT2D eigenvalue weighted by Crippen LogP contribution is 2.90. The first-order chi connectivity index (χ1) is 5.82. The van der Waals surface area contributed by atoms with Crippen LogP contribution in [0.4, 0.5) is 0 Å². The number of rotatable bonds is 0. The van der Waals surface area contributed by atoms with Crippen molar-refractivity contribution < 1.29 is 0 Å². The van der Waals surface area contributed by atoms with E-state index in [0.29, 0.717) is 0 Å². The Hall–Kier alpha value is 1.46. The molecule has 0 unspecified atom stereocenters. The van der Waals surface area contributed by atoms with Gasteiger partial charge in [-0.1, -0.05) is 45.2 Å². The Kier molecular flexibility index (Phi) is 0.944. The Bertz CT molecular complexity index is 268. The van der Waals surface area contributed by atoms with E-state index in [0.717, 1.165) is 7.85 Å². The molecule has 12 heavy (non-hydrogen) atoms. The van der Waals surface area contributed by atoms with Crippen molar-refractivity contribution in [2.45, 2.75) is 7.85 Å². The lowest BCUT2D eigenvalue weighted by Crippen LogP contribution is -2.61. The topological polar surface area (TPSA) is 0 Å². The maximum atomic E-state index is 2.78. The lowest BCUT2D eigenvalue weighted by atomic mass is 9.41. The van der Waals surface area contributed by atoms with Crippen molar-refractivity contribution in [3.8, 4) is 0 Å². The van der Waals surface area contributed by atoms with Crippen LogP contribution in [0.3, 0.4) is 0 Å². The summed E-state index contributed by atoms with van der Waals surface area (Å²) in [7, 11) is 0. The summed E-state index contributed by atoms with van der Waals surface area (Å²) in [4.78, 5) is 0. The molecule has 0 N–H and O–H groups in total. The van der Waals surface area contributed by atoms with Gasteiger partial charge in [0.25, 0.3) is 0 Å². The molecule has 64 valence electrons. The highest BCUT2D eigenvalue weighted by Gasteiger charge is 2.88. The summed E-state index contributed by atoms with van der Waals surface area (Å²) in [6.07, 6.45) is 0. The molecule has 6 aliphatic carbocycles. The van der Waals surface area contributed by atoms with Crippen LogP contribution in [0.25, 0.3) is 0 Å². The van der Waals surface area contributed by atoms with E-state index in [1.807, 2.05) is 0 Å². The van der Waals surface area contributed by atoms with E-state index in [1.54, 1.807) is 0 Å². The predicted molar refractivity (Wildman–Crippen MR) is 63.5 cm³/mol. The van der Waals surface area contributed by atoms with Crippen LogP contribution >= 0.6 is 45.2 Å². The highest BCUT2D eigenvalue weighted by atomic mass is 127. The summed E-state index contributed by atoms with van der Waals surface area (Å²) < 4.78 is 2.21. The largest absolute Gasteiger partial charge is 0.0820 e. The van der Waals surface area contributed by atoms with Crippen LogP contribution in [-0.4, -0.2) is 7.85 Å². The summed E-state index contributed by atoms with van der Waals surface area (Å²) in [5.41, 5.74) is 0. The fraction of sp³-hybridized carbons (Fsp3) is 1.00. The molecular weight excluding hydrogens is 374 g/mol. The molecule has 0 aromatic heterocycles. The third-order valence-corrected chi connectivity index (χ3v) is 9.24. The third-order valence-electron chi connectivity index (χ3n) is 5.92. The molecule has 10 atom stereocenters. The van der Waals surface area contributed by atoms with E-state index in [4.69, 9.17) is 0 Å². The summed E-state index contributed by atoms with van der Waals surface area (Å²) in [5, 5.41) is 0. The first kappa shape index (κ1) is 6.85. The zero-order valence-corrected chi connectivity index (χ0v) is 10.8. The van der Waals surface area contributed by atoms with Gasteiger partial charge < -0.3 is 0 Å². The second-order valence-corrected chi connectivity index (χ2v) is 8.38. The fourth-order valence-corrected chi connectivity index (χ4v) is 9.86. The standard InChI is InChI=1S/C10H10I2/c11-9-5-1-2-4(5)8-7(9)3(1)6(2)10(8)12/h1-10H/t1-,2-,3+,4+,5-,6+,7+,8-,9-,10+/m1/s1. The third kappa shape index (κ3) is 0.380. The van der Waals surface area contributed by atoms with E-state index in [-0.39, 0.29) is 0 Å². The summed E-state index contributed by atoms with van der Waals surface area (Å²) in [6, 6.07) is 0. The van der Waals surface area contributed by atoms with Crippen molar-refractivity contribution in [2.24, 2.45) is 47.3 Å². The summed E-state index contributed by atoms with van der Waals surface area (Å²) in [5.74, 6) is 9.80. The van der Waals surface area contributed by atoms with Gasteiger partial charge in [-0.25, -0.2) is 0 Å². The van der Waals surface area contributed by atoms with Crippen LogP contribution < -0.4 is 0 Å². The molecule has 4 bridgehead atoms. The second kappa shape index (κ2) is 1.65. The molecule has 6 saturated carbocycles. The molecule has 0 spiro atoms. The molecule has 0 amide bonds. The van der Waals surface area contributed by atoms with Crippen molar-refractivity contribution in [2.75, 3.05) is 0 Å². The van der Waals surface area contributed by atoms with Crippen molar-refractivity contribution in [3.63, 3.8) is 0 Å². The molecule has 0 aromatic rings. The zero-order valence-electron chi connectivity index (χ0n) is 6.53. The number of hydrogen-bond acceptors (Lipinski definition) is 0. The van der Waals surface area contributed by atoms with E-state index in [1.165, 1.54) is 47.3 Å². The van der Waals surface area contributed by atoms with Gasteiger partial charge in [-0.15, -0.1) is 0 Å². The Morgan fingerprint density at radius 2 is 0.667 bits per heavy atom. The van der Waals surface area contributed by atoms with Gasteiger partial charge in [-0.3, -0.25) is 0 Å². The van der Waals surface area contributed by atoms with Crippen LogP contribution in [0, 0.1) is 47.3 Å². The molecule has 0 nitrogen and oxygen atoms in total. The van der Waals surface area contributed by atoms with Gasteiger partial charge in [0.2, 0.25) is 0 Å². The molecular formula is C10H10I2. The minimum atomic E-state index is 1.11. The second-order valence-electron chi connectivity index (χ2n) is 5.51. The quantitative estimate of drug-likeness (QED) is 0.445. The van der Waals surface area contributed by atoms with E-state index in [9.17, 15) is 0 Å². The van der Waals surface area contributed by atoms with Gasteiger partial charge in [0.05, 0.1) is 0 Å². The zero-order chi connectivity index (χ0) is 7.77. The van der Waals surface area contributed by atoms with Gasteiger partial charge in [-0.2, -0.15) is 0 Å². The molecule has 0 aromatic carbocycles. The molecule has 0 aliphatic heterocycles. The van der Waals surface area contributed by atoms with Gasteiger partial charge in [0.1, 0.15) is 0 Å². The molecule has 6 fully saturated rings. The smallest absolute Gasteiger partial charge is 0.0178 e. The summed E-state index contributed by atoms with van der Waals surface area (Å²) >= 11 is 5.57. The van der Waals surface area contributed by atoms with Crippen molar-refractivity contribution in [3.05, 3.63) is 0 Å². The van der Waals surface area contributed by atoms with Crippen LogP contribution in [0.15, 0.2) is 0 Å². The number of hydrogen-bond donors (Lipinski definition) is 0. The van der Waals surface area contributed by atoms with Gasteiger partial charge in [0, 0.05) is 7.85 Å². The minimum absolute atomic E-state index is 1.11. The Labute approximate surface area is 99.5 Å². The first-order valence-electron chi connectivity index (χ1n) is 5.10. The van der Waals surface area contributed by atoms with Gasteiger partial charge in [-0.05, 0) is 47.3 Å². The normalized spacial score (nSPS) is 90.5. The molecule has 2 heteroatoms. The van der Waals surface area contributed by atoms with E-state index < -0.39 is 0 Å². The van der Waals surface area contributed by atoms with Crippen LogP contribution in [0.5, 0.6) is 0 Å². The van der Waals surface area contributed by atoms with Crippen LogP contribution in [0.1, 0.15) is 0 Å². The van der Waals surface area contributed by atoms with Crippen LogP contribution in [-0.2, 0) is 0 Å². The Balaban J connectivity index is 1.83. The molecule has 0 radical (unpaired) electrons. The maximum Gasteiger partial charge on any atom is 0.0178 e. The first-order valence-corrected chi connectivity index (χ1v) is 7.59. The molecule has 0 heterocycles. The lowest BCUT2D eigenvalue weighted by Gasteiger charge is -2.63. The average Bonchev–Trinajstić information content (AvgIpc) is 2.45. The molecule has 6 aliphatic rings. The van der Waals surface area contributed by atoms with Crippen molar-refractivity contribution in [1.82, 2.24) is 0 Å². The predicted octanol–water partition coefficient (Wildman–Crippen LogP) is 2.59. The Morgan fingerprint density at radius 3 is 1.00 bits per heavy atom. The lowest BCUT2D eigenvalue weighted by molar-refractivity contribution is -0.168. The monoisotopic (exact) mass is 384 g/mol. The minimum Gasteiger partial charge on any atom is -0.0820 e. The summed E-state index contributed by atoms with van der Waals surface area (Å²) in [6.45, 7) is 0. The van der Waals surface area contributed by atoms with Gasteiger partial charge >= 0.3 is 0 Å². The fourth-order valence-electron chi connectivity index (χ4n) is 6.03. The number of halogens is 2. The van der Waals surface area contributed by atoms with E-state index >= 15 is 0 Å². The maximum absolute atomic E-state index is 2.78. The van der Waals surface area contributed by atoms with E-state index in [2.05, 4.69) is 45.2 Å². The van der Waals surface area contributed by atoms with Crippen molar-refractivity contribution >= 4 is 45.2 Å². The molecule has 0 saturated heterocycles. The Morgan fingerprint density at radius 1 is 0.417 bits per heavy atom. The number of alkyl halides is 2. The average molecular weight is 384 g/mol. The molecule has 6 rings (SSSR count). The highest BCUT2D eigenvalue weighted by molar-refractivity contribution is 14.1. The van der Waals surface area contributed by atoms with Crippen molar-refractivity contribution in [1.29, 1.82) is 0 Å². The van der Waals surface area contributed by atoms with Gasteiger partial charge in [0.15, 0.2) is 0 Å².